The van der Waals surface area contributed by atoms with Crippen molar-refractivity contribution < 1.29 is 24.4 Å². The van der Waals surface area contributed by atoms with Crippen LogP contribution in [0.2, 0.25) is 0 Å². The summed E-state index contributed by atoms with van der Waals surface area (Å²) in [4.78, 5) is 35.0. The number of nitro groups is 1. The van der Waals surface area contributed by atoms with E-state index >= 15 is 0 Å². The van der Waals surface area contributed by atoms with E-state index in [0.717, 1.165) is 0 Å². The molecule has 0 saturated carbocycles. The van der Waals surface area contributed by atoms with Crippen LogP contribution in [-0.2, 0) is 4.74 Å². The molecule has 170 valence electrons. The van der Waals surface area contributed by atoms with Crippen LogP contribution in [-0.4, -0.2) is 44.0 Å². The third-order valence-corrected chi connectivity index (χ3v) is 4.88. The molecule has 0 unspecified atom stereocenters. The largest absolute Gasteiger partial charge is 0.507 e. The molecule has 0 fully saturated rings. The maximum atomic E-state index is 12.8. The predicted octanol–water partition coefficient (Wildman–Crippen LogP) is 3.59. The van der Waals surface area contributed by atoms with Gasteiger partial charge in [-0.15, -0.1) is 5.10 Å². The molecule has 0 radical (unpaired) electrons. The SMILES string of the molecule is COC(=O)c1cccc(NC(=O)c2cc(-n3cc(-c4cccc([N+](=O)[O-])c4)nn3)ccc2O)c1. The Kier molecular flexibility index (Phi) is 5.99. The van der Waals surface area contributed by atoms with Crippen molar-refractivity contribution in [2.45, 2.75) is 0 Å². The van der Waals surface area contributed by atoms with Crippen molar-refractivity contribution in [3.05, 3.63) is 94.2 Å². The van der Waals surface area contributed by atoms with E-state index in [1.165, 1.54) is 48.2 Å². The topological polar surface area (TPSA) is 149 Å². The molecule has 4 rings (SSSR count). The Morgan fingerprint density at radius 3 is 2.65 bits per heavy atom. The average Bonchev–Trinajstić information content (AvgIpc) is 3.34. The van der Waals surface area contributed by atoms with Gasteiger partial charge in [0, 0.05) is 23.4 Å². The van der Waals surface area contributed by atoms with E-state index in [4.69, 9.17) is 0 Å². The van der Waals surface area contributed by atoms with E-state index in [2.05, 4.69) is 20.4 Å². The van der Waals surface area contributed by atoms with Gasteiger partial charge in [0.2, 0.25) is 0 Å². The van der Waals surface area contributed by atoms with Crippen LogP contribution in [0.15, 0.2) is 72.9 Å². The Labute approximate surface area is 192 Å². The molecule has 1 heterocycles. The number of anilines is 1. The molecule has 0 aliphatic carbocycles. The van der Waals surface area contributed by atoms with Crippen LogP contribution in [0.4, 0.5) is 11.4 Å². The van der Waals surface area contributed by atoms with Crippen molar-refractivity contribution in [2.24, 2.45) is 0 Å². The van der Waals surface area contributed by atoms with Crippen molar-refractivity contribution in [3.63, 3.8) is 0 Å². The number of nitrogens with zero attached hydrogens (tertiary/aromatic N) is 4. The van der Waals surface area contributed by atoms with E-state index in [0.29, 0.717) is 22.6 Å². The smallest absolute Gasteiger partial charge is 0.337 e. The molecule has 4 aromatic rings. The van der Waals surface area contributed by atoms with Crippen LogP contribution in [0.3, 0.4) is 0 Å². The second-order valence-corrected chi connectivity index (χ2v) is 7.08. The first-order valence-corrected chi connectivity index (χ1v) is 9.86. The number of amides is 1. The second kappa shape index (κ2) is 9.20. The molecule has 11 heteroatoms. The van der Waals surface area contributed by atoms with Gasteiger partial charge < -0.3 is 15.2 Å². The van der Waals surface area contributed by atoms with Crippen LogP contribution in [0.5, 0.6) is 5.75 Å². The summed E-state index contributed by atoms with van der Waals surface area (Å²) < 4.78 is 6.05. The molecule has 11 nitrogen and oxygen atoms in total. The molecule has 0 aliphatic rings. The summed E-state index contributed by atoms with van der Waals surface area (Å²) in [7, 11) is 1.26. The summed E-state index contributed by atoms with van der Waals surface area (Å²) in [5, 5.41) is 32.0. The van der Waals surface area contributed by atoms with Crippen molar-refractivity contribution >= 4 is 23.3 Å². The number of carbonyl (C=O) groups is 2. The highest BCUT2D eigenvalue weighted by Crippen LogP contribution is 2.25. The Morgan fingerprint density at radius 1 is 1.09 bits per heavy atom. The first kappa shape index (κ1) is 22.1. The minimum absolute atomic E-state index is 0.0339. The molecular weight excluding hydrogens is 442 g/mol. The highest BCUT2D eigenvalue weighted by molar-refractivity contribution is 6.07. The van der Waals surface area contributed by atoms with Crippen LogP contribution >= 0.6 is 0 Å². The molecule has 1 amide bonds. The fourth-order valence-corrected chi connectivity index (χ4v) is 3.19. The molecule has 0 atom stereocenters. The molecule has 2 N–H and O–H groups in total. The number of carbonyl (C=O) groups excluding carboxylic acids is 2. The molecule has 0 bridgehead atoms. The van der Waals surface area contributed by atoms with Crippen molar-refractivity contribution in [2.75, 3.05) is 12.4 Å². The van der Waals surface area contributed by atoms with E-state index in [1.54, 1.807) is 36.5 Å². The quantitative estimate of drug-likeness (QED) is 0.252. The van der Waals surface area contributed by atoms with Crippen molar-refractivity contribution in [1.29, 1.82) is 0 Å². The number of nitrogens with one attached hydrogen (secondary N) is 1. The summed E-state index contributed by atoms with van der Waals surface area (Å²) in [5.74, 6) is -1.42. The number of nitro benzene ring substituents is 1. The van der Waals surface area contributed by atoms with E-state index in [1.807, 2.05) is 0 Å². The standard InChI is InChI=1S/C23H17N5O6/c1-34-23(31)15-5-2-6-16(10-15)24-22(30)19-12-17(8-9-21(19)29)27-13-20(25-26-27)14-4-3-7-18(11-14)28(32)33/h2-13,29H,1H3,(H,24,30). The summed E-state index contributed by atoms with van der Waals surface area (Å²) in [6.07, 6.45) is 1.55. The normalized spacial score (nSPS) is 10.5. The number of aromatic nitrogens is 3. The van der Waals surface area contributed by atoms with E-state index in [9.17, 15) is 24.8 Å². The molecular formula is C23H17N5O6. The number of ether oxygens (including phenoxy) is 1. The average molecular weight is 459 g/mol. The molecule has 0 saturated heterocycles. The lowest BCUT2D eigenvalue weighted by Crippen LogP contribution is -2.13. The first-order valence-electron chi connectivity index (χ1n) is 9.86. The van der Waals surface area contributed by atoms with Crippen molar-refractivity contribution in [3.8, 4) is 22.7 Å². The van der Waals surface area contributed by atoms with E-state index in [-0.39, 0.29) is 22.6 Å². The number of benzene rings is 3. The van der Waals surface area contributed by atoms with Gasteiger partial charge in [-0.2, -0.15) is 0 Å². The second-order valence-electron chi connectivity index (χ2n) is 7.08. The first-order chi connectivity index (χ1) is 16.4. The number of rotatable bonds is 6. The van der Waals surface area contributed by atoms with Gasteiger partial charge in [-0.25, -0.2) is 9.48 Å². The summed E-state index contributed by atoms with van der Waals surface area (Å²) in [6, 6.07) is 16.4. The molecule has 34 heavy (non-hydrogen) atoms. The fraction of sp³-hybridized carbons (Fsp3) is 0.0435. The molecule has 0 aliphatic heterocycles. The van der Waals surface area contributed by atoms with Gasteiger partial charge in [0.25, 0.3) is 11.6 Å². The van der Waals surface area contributed by atoms with Gasteiger partial charge >= 0.3 is 5.97 Å². The van der Waals surface area contributed by atoms with Crippen LogP contribution < -0.4 is 5.32 Å². The van der Waals surface area contributed by atoms with Crippen LogP contribution in [0.25, 0.3) is 16.9 Å². The third-order valence-electron chi connectivity index (χ3n) is 4.88. The Morgan fingerprint density at radius 2 is 1.88 bits per heavy atom. The Hall–Kier alpha value is -5.06. The summed E-state index contributed by atoms with van der Waals surface area (Å²) in [6.45, 7) is 0. The minimum atomic E-state index is -0.611. The zero-order valence-corrected chi connectivity index (χ0v) is 17.7. The number of non-ortho nitro benzene ring substituents is 1. The zero-order valence-electron chi connectivity index (χ0n) is 17.7. The van der Waals surface area contributed by atoms with Crippen LogP contribution in [0.1, 0.15) is 20.7 Å². The predicted molar refractivity (Wildman–Crippen MR) is 121 cm³/mol. The van der Waals surface area contributed by atoms with Gasteiger partial charge in [0.05, 0.1) is 35.0 Å². The van der Waals surface area contributed by atoms with Gasteiger partial charge in [0.1, 0.15) is 11.4 Å². The van der Waals surface area contributed by atoms with Gasteiger partial charge in [0.15, 0.2) is 0 Å². The number of methoxy groups -OCH3 is 1. The highest BCUT2D eigenvalue weighted by Gasteiger charge is 2.16. The maximum Gasteiger partial charge on any atom is 0.337 e. The Bertz CT molecular complexity index is 1410. The van der Waals surface area contributed by atoms with Crippen molar-refractivity contribution in [1.82, 2.24) is 15.0 Å². The highest BCUT2D eigenvalue weighted by atomic mass is 16.6. The monoisotopic (exact) mass is 459 g/mol. The summed E-state index contributed by atoms with van der Waals surface area (Å²) >= 11 is 0. The lowest BCUT2D eigenvalue weighted by molar-refractivity contribution is -0.384. The number of esters is 1. The van der Waals surface area contributed by atoms with Crippen LogP contribution in [0, 0.1) is 10.1 Å². The molecule has 3 aromatic carbocycles. The lowest BCUT2D eigenvalue weighted by Gasteiger charge is -2.09. The number of hydrogen-bond acceptors (Lipinski definition) is 8. The fourth-order valence-electron chi connectivity index (χ4n) is 3.19. The molecule has 0 spiro atoms. The number of phenolic OH excluding ortho intramolecular Hbond substituents is 1. The Balaban J connectivity index is 1.60. The lowest BCUT2D eigenvalue weighted by atomic mass is 10.1. The minimum Gasteiger partial charge on any atom is -0.507 e. The van der Waals surface area contributed by atoms with Gasteiger partial charge in [-0.3, -0.25) is 14.9 Å². The third kappa shape index (κ3) is 4.58. The summed E-state index contributed by atoms with van der Waals surface area (Å²) in [5.41, 5.74) is 1.81. The number of hydrogen-bond donors (Lipinski definition) is 2. The number of aromatic hydroxyl groups is 1. The number of phenols is 1. The molecule has 1 aromatic heterocycles. The maximum absolute atomic E-state index is 12.8. The van der Waals surface area contributed by atoms with Gasteiger partial charge in [-0.05, 0) is 36.4 Å². The van der Waals surface area contributed by atoms with E-state index < -0.39 is 16.8 Å². The zero-order chi connectivity index (χ0) is 24.2. The van der Waals surface area contributed by atoms with Gasteiger partial charge in [-0.1, -0.05) is 23.4 Å².